The van der Waals surface area contributed by atoms with Crippen molar-refractivity contribution in [3.8, 4) is 11.5 Å². The maximum atomic E-state index is 12.1. The van der Waals surface area contributed by atoms with Gasteiger partial charge in [-0.1, -0.05) is 41.9 Å². The van der Waals surface area contributed by atoms with E-state index in [4.69, 9.17) is 21.1 Å². The molecule has 2 aromatic rings. The molecule has 8 heteroatoms. The van der Waals surface area contributed by atoms with Crippen LogP contribution in [0.3, 0.4) is 0 Å². The molecule has 1 heterocycles. The zero-order chi connectivity index (χ0) is 20.8. The standard InChI is InChI=1S/C21H19ClN2O4S/c1-3-27-17-10-15(11-18-20(26)24-21(29-18)23-13(2)25)9-16(22)19(17)28-12-14-7-5-4-6-8-14/h4-11H,3,12H2,1-2H3,(H,23,24,25,26)/b18-11-. The zero-order valence-corrected chi connectivity index (χ0v) is 17.5. The molecule has 0 unspecified atom stereocenters. The van der Waals surface area contributed by atoms with Crippen LogP contribution in [0.4, 0.5) is 0 Å². The molecule has 0 atom stereocenters. The highest BCUT2D eigenvalue weighted by Crippen LogP contribution is 2.38. The average molecular weight is 431 g/mol. The molecule has 2 aromatic carbocycles. The van der Waals surface area contributed by atoms with Gasteiger partial charge in [-0.3, -0.25) is 9.59 Å². The van der Waals surface area contributed by atoms with E-state index in [2.05, 4.69) is 10.3 Å². The van der Waals surface area contributed by atoms with Crippen molar-refractivity contribution in [2.24, 2.45) is 4.99 Å². The largest absolute Gasteiger partial charge is 0.490 e. The normalized spacial score (nSPS) is 14.7. The first-order valence-electron chi connectivity index (χ1n) is 8.89. The summed E-state index contributed by atoms with van der Waals surface area (Å²) in [5.74, 6) is 0.227. The van der Waals surface area contributed by atoms with Gasteiger partial charge in [-0.2, -0.15) is 4.99 Å². The second-order valence-corrected chi connectivity index (χ2v) is 7.49. The number of amidine groups is 1. The number of hydrogen-bond acceptors (Lipinski definition) is 5. The van der Waals surface area contributed by atoms with Gasteiger partial charge in [0, 0.05) is 6.92 Å². The van der Waals surface area contributed by atoms with Gasteiger partial charge in [0.1, 0.15) is 6.61 Å². The van der Waals surface area contributed by atoms with Crippen LogP contribution in [0.5, 0.6) is 11.5 Å². The Morgan fingerprint density at radius 2 is 2.00 bits per heavy atom. The van der Waals surface area contributed by atoms with Gasteiger partial charge in [-0.15, -0.1) is 0 Å². The van der Waals surface area contributed by atoms with Gasteiger partial charge >= 0.3 is 0 Å². The van der Waals surface area contributed by atoms with E-state index in [1.54, 1.807) is 18.2 Å². The number of halogens is 1. The molecular formula is C21H19ClN2O4S. The van der Waals surface area contributed by atoms with E-state index in [-0.39, 0.29) is 11.1 Å². The quantitative estimate of drug-likeness (QED) is 0.686. The fourth-order valence-electron chi connectivity index (χ4n) is 2.57. The fraction of sp³-hybridized carbons (Fsp3) is 0.190. The van der Waals surface area contributed by atoms with Crippen LogP contribution >= 0.6 is 23.4 Å². The summed E-state index contributed by atoms with van der Waals surface area (Å²) in [5.41, 5.74) is 1.67. The first-order valence-corrected chi connectivity index (χ1v) is 10.1. The number of benzene rings is 2. The van der Waals surface area contributed by atoms with Crippen LogP contribution < -0.4 is 14.8 Å². The molecule has 1 aliphatic rings. The molecule has 0 fully saturated rings. The van der Waals surface area contributed by atoms with Crippen LogP contribution in [-0.2, 0) is 16.2 Å². The van der Waals surface area contributed by atoms with Crippen LogP contribution in [0.1, 0.15) is 25.0 Å². The molecular weight excluding hydrogens is 412 g/mol. The van der Waals surface area contributed by atoms with E-state index >= 15 is 0 Å². The van der Waals surface area contributed by atoms with Crippen LogP contribution in [-0.4, -0.2) is 23.6 Å². The lowest BCUT2D eigenvalue weighted by molar-refractivity contribution is -0.117. The first-order chi connectivity index (χ1) is 14.0. The van der Waals surface area contributed by atoms with Gasteiger partial charge in [-0.05, 0) is 48.0 Å². The Morgan fingerprint density at radius 3 is 2.69 bits per heavy atom. The summed E-state index contributed by atoms with van der Waals surface area (Å²) in [6.45, 7) is 4.01. The molecule has 0 aromatic heterocycles. The number of carbonyl (C=O) groups excluding carboxylic acids is 2. The van der Waals surface area contributed by atoms with Crippen molar-refractivity contribution < 1.29 is 19.1 Å². The molecule has 0 bridgehead atoms. The lowest BCUT2D eigenvalue weighted by Crippen LogP contribution is -2.23. The molecule has 0 saturated heterocycles. The van der Waals surface area contributed by atoms with Crippen molar-refractivity contribution in [2.75, 3.05) is 6.61 Å². The number of hydrogen-bond donors (Lipinski definition) is 1. The number of carbonyl (C=O) groups is 2. The molecule has 0 spiro atoms. The Hall–Kier alpha value is -2.77. The predicted molar refractivity (Wildman–Crippen MR) is 115 cm³/mol. The van der Waals surface area contributed by atoms with Crippen LogP contribution in [0.25, 0.3) is 6.08 Å². The number of aliphatic imine (C=N–C) groups is 1. The molecule has 0 radical (unpaired) electrons. The Kier molecular flexibility index (Phi) is 6.95. The number of nitrogens with one attached hydrogen (secondary N) is 1. The van der Waals surface area contributed by atoms with Gasteiger partial charge in [0.2, 0.25) is 5.91 Å². The number of thioether (sulfide) groups is 1. The maximum Gasteiger partial charge on any atom is 0.286 e. The second-order valence-electron chi connectivity index (χ2n) is 6.05. The highest BCUT2D eigenvalue weighted by atomic mass is 35.5. The summed E-state index contributed by atoms with van der Waals surface area (Å²) in [7, 11) is 0. The maximum absolute atomic E-state index is 12.1. The van der Waals surface area contributed by atoms with Crippen LogP contribution in [0.2, 0.25) is 5.02 Å². The first kappa shape index (κ1) is 21.0. The topological polar surface area (TPSA) is 77.0 Å². The predicted octanol–water partition coefficient (Wildman–Crippen LogP) is 4.42. The summed E-state index contributed by atoms with van der Waals surface area (Å²) in [4.78, 5) is 27.4. The minimum Gasteiger partial charge on any atom is -0.490 e. The summed E-state index contributed by atoms with van der Waals surface area (Å²) < 4.78 is 11.6. The van der Waals surface area contributed by atoms with E-state index in [1.807, 2.05) is 37.3 Å². The van der Waals surface area contributed by atoms with Gasteiger partial charge in [0.05, 0.1) is 16.5 Å². The molecule has 3 rings (SSSR count). The van der Waals surface area contributed by atoms with E-state index in [0.717, 1.165) is 17.3 Å². The average Bonchev–Trinajstić information content (AvgIpc) is 3.00. The summed E-state index contributed by atoms with van der Waals surface area (Å²) in [6.07, 6.45) is 1.65. The number of ether oxygens (including phenoxy) is 2. The Morgan fingerprint density at radius 1 is 1.24 bits per heavy atom. The number of rotatable bonds is 6. The zero-order valence-electron chi connectivity index (χ0n) is 15.9. The van der Waals surface area contributed by atoms with Crippen molar-refractivity contribution in [3.63, 3.8) is 0 Å². The highest BCUT2D eigenvalue weighted by molar-refractivity contribution is 8.18. The molecule has 1 aliphatic heterocycles. The lowest BCUT2D eigenvalue weighted by atomic mass is 10.1. The van der Waals surface area contributed by atoms with Gasteiger partial charge in [0.15, 0.2) is 16.7 Å². The Bertz CT molecular complexity index is 990. The minimum atomic E-state index is -0.419. The number of amides is 2. The minimum absolute atomic E-state index is 0.257. The van der Waals surface area contributed by atoms with Crippen molar-refractivity contribution >= 4 is 46.4 Å². The van der Waals surface area contributed by atoms with E-state index in [9.17, 15) is 9.59 Å². The smallest absolute Gasteiger partial charge is 0.286 e. The number of nitrogens with zero attached hydrogens (tertiary/aromatic N) is 1. The van der Waals surface area contributed by atoms with Crippen molar-refractivity contribution in [1.82, 2.24) is 5.32 Å². The molecule has 6 nitrogen and oxygen atoms in total. The van der Waals surface area contributed by atoms with Gasteiger partial charge in [-0.25, -0.2) is 0 Å². The molecule has 0 aliphatic carbocycles. The second kappa shape index (κ2) is 9.62. The monoisotopic (exact) mass is 430 g/mol. The van der Waals surface area contributed by atoms with Crippen LogP contribution in [0.15, 0.2) is 52.4 Å². The lowest BCUT2D eigenvalue weighted by Gasteiger charge is -2.14. The van der Waals surface area contributed by atoms with E-state index in [1.165, 1.54) is 6.92 Å². The third-order valence-electron chi connectivity index (χ3n) is 3.76. The third-order valence-corrected chi connectivity index (χ3v) is 4.94. The summed E-state index contributed by atoms with van der Waals surface area (Å²) in [5, 5.41) is 3.14. The van der Waals surface area contributed by atoms with Crippen LogP contribution in [0, 0.1) is 0 Å². The molecule has 29 heavy (non-hydrogen) atoms. The van der Waals surface area contributed by atoms with Crippen molar-refractivity contribution in [2.45, 2.75) is 20.5 Å². The van der Waals surface area contributed by atoms with Crippen molar-refractivity contribution in [1.29, 1.82) is 0 Å². The van der Waals surface area contributed by atoms with Gasteiger partial charge < -0.3 is 14.8 Å². The molecule has 150 valence electrons. The van der Waals surface area contributed by atoms with E-state index < -0.39 is 5.91 Å². The fourth-order valence-corrected chi connectivity index (χ4v) is 3.70. The van der Waals surface area contributed by atoms with E-state index in [0.29, 0.717) is 40.2 Å². The Labute approximate surface area is 177 Å². The molecule has 0 saturated carbocycles. The molecule has 2 amide bonds. The molecule has 1 N–H and O–H groups in total. The van der Waals surface area contributed by atoms with Gasteiger partial charge in [0.25, 0.3) is 5.91 Å². The summed E-state index contributed by atoms with van der Waals surface area (Å²) >= 11 is 7.54. The summed E-state index contributed by atoms with van der Waals surface area (Å²) in [6, 6.07) is 13.2. The SMILES string of the molecule is CCOc1cc(/C=C2\SC(NC(C)=O)=NC2=O)cc(Cl)c1OCc1ccccc1. The van der Waals surface area contributed by atoms with Crippen molar-refractivity contribution in [3.05, 3.63) is 63.5 Å². The Balaban J connectivity index is 1.82. The highest BCUT2D eigenvalue weighted by Gasteiger charge is 2.23. The third kappa shape index (κ3) is 5.62.